The van der Waals surface area contributed by atoms with Crippen LogP contribution in [0.4, 0.5) is 10.5 Å². The monoisotopic (exact) mass is 394 g/mol. The highest BCUT2D eigenvalue weighted by molar-refractivity contribution is 8.01. The maximum atomic E-state index is 12.2. The molecule has 0 aromatic heterocycles. The lowest BCUT2D eigenvalue weighted by Gasteiger charge is -2.32. The van der Waals surface area contributed by atoms with Gasteiger partial charge in [-0.2, -0.15) is 12.7 Å². The third-order valence-electron chi connectivity index (χ3n) is 3.20. The van der Waals surface area contributed by atoms with E-state index in [2.05, 4.69) is 9.08 Å². The molecule has 8 nitrogen and oxygen atoms in total. The number of carbonyl (C=O) groups excluding carboxylic acids is 1. The Kier molecular flexibility index (Phi) is 5.74. The van der Waals surface area contributed by atoms with Crippen LogP contribution in [0.3, 0.4) is 0 Å². The lowest BCUT2D eigenvalue weighted by atomic mass is 10.3. The van der Waals surface area contributed by atoms with Crippen molar-refractivity contribution in [3.63, 3.8) is 0 Å². The number of piperazine rings is 1. The second-order valence-electron chi connectivity index (χ2n) is 5.56. The minimum absolute atomic E-state index is 0.102. The topological polar surface area (TPSA) is 99.2 Å². The number of nitrogens with zero attached hydrogens (tertiary/aromatic N) is 3. The molecule has 1 aliphatic rings. The normalized spacial score (nSPS) is 16.7. The minimum Gasteiger partial charge on any atom is -0.322 e. The molecule has 0 saturated carbocycles. The van der Waals surface area contributed by atoms with Crippen LogP contribution in [0.5, 0.6) is 0 Å². The van der Waals surface area contributed by atoms with Crippen molar-refractivity contribution in [3.8, 4) is 0 Å². The van der Waals surface area contributed by atoms with Gasteiger partial charge < -0.3 is 10.2 Å². The van der Waals surface area contributed by atoms with Crippen LogP contribution in [0.2, 0.25) is 5.02 Å². The predicted molar refractivity (Wildman–Crippen MR) is 95.0 cm³/mol. The fourth-order valence-electron chi connectivity index (χ4n) is 2.16. The van der Waals surface area contributed by atoms with E-state index in [4.69, 9.17) is 11.6 Å². The number of anilines is 1. The summed E-state index contributed by atoms with van der Waals surface area (Å²) < 4.78 is 40.2. The van der Waals surface area contributed by atoms with Gasteiger partial charge in [0.2, 0.25) is 0 Å². The van der Waals surface area contributed by atoms with Crippen LogP contribution in [0.1, 0.15) is 0 Å². The van der Waals surface area contributed by atoms with Crippen LogP contribution >= 0.6 is 11.6 Å². The van der Waals surface area contributed by atoms with E-state index in [1.165, 1.54) is 17.4 Å². The number of amides is 2. The molecule has 0 spiro atoms. The Bertz CT molecular complexity index is 833. The molecule has 0 bridgehead atoms. The standard InChI is InChI=1S/C13H19ClN4O4S2/c1-23(2,20)16-24(21,22)18-8-6-17(7-9-18)13(19)15-12-5-3-4-11(14)10-12/h3-5,10H,6-9H2,1-2H3,(H,15,19). The maximum absolute atomic E-state index is 12.2. The largest absolute Gasteiger partial charge is 0.330 e. The Morgan fingerprint density at radius 2 is 1.79 bits per heavy atom. The second kappa shape index (κ2) is 7.26. The van der Waals surface area contributed by atoms with Gasteiger partial charge in [-0.05, 0) is 18.2 Å². The highest BCUT2D eigenvalue weighted by Crippen LogP contribution is 2.16. The van der Waals surface area contributed by atoms with Crippen molar-refractivity contribution in [1.82, 2.24) is 9.21 Å². The van der Waals surface area contributed by atoms with E-state index in [-0.39, 0.29) is 32.2 Å². The van der Waals surface area contributed by atoms with Gasteiger partial charge >= 0.3 is 16.2 Å². The molecule has 2 rings (SSSR count). The number of nitrogens with one attached hydrogen (secondary N) is 1. The van der Waals surface area contributed by atoms with Gasteiger partial charge in [-0.25, -0.2) is 9.00 Å². The predicted octanol–water partition coefficient (Wildman–Crippen LogP) is 1.46. The lowest BCUT2D eigenvalue weighted by molar-refractivity contribution is 0.184. The molecule has 1 saturated heterocycles. The molecule has 1 aliphatic heterocycles. The summed E-state index contributed by atoms with van der Waals surface area (Å²) in [5, 5.41) is 3.22. The molecule has 1 aromatic rings. The van der Waals surface area contributed by atoms with Gasteiger partial charge in [-0.1, -0.05) is 21.4 Å². The number of carbonyl (C=O) groups is 1. The van der Waals surface area contributed by atoms with Crippen molar-refractivity contribution in [1.29, 1.82) is 0 Å². The van der Waals surface area contributed by atoms with Crippen LogP contribution in [0, 0.1) is 0 Å². The van der Waals surface area contributed by atoms with Gasteiger partial charge in [-0.15, -0.1) is 0 Å². The Morgan fingerprint density at radius 3 is 2.33 bits per heavy atom. The first-order chi connectivity index (χ1) is 11.1. The molecule has 2 amide bonds. The highest BCUT2D eigenvalue weighted by atomic mass is 35.5. The number of urea groups is 1. The zero-order chi connectivity index (χ0) is 18.0. The van der Waals surface area contributed by atoms with E-state index in [0.29, 0.717) is 10.7 Å². The summed E-state index contributed by atoms with van der Waals surface area (Å²) in [4.78, 5) is 13.7. The SMILES string of the molecule is CS(C)(=O)=NS(=O)(=O)N1CCN(C(=O)Nc2cccc(Cl)c2)CC1. The van der Waals surface area contributed by atoms with E-state index in [0.717, 1.165) is 4.31 Å². The summed E-state index contributed by atoms with van der Waals surface area (Å²) in [5.41, 5.74) is 0.564. The first kappa shape index (κ1) is 19.0. The molecule has 1 fully saturated rings. The summed E-state index contributed by atoms with van der Waals surface area (Å²) >= 11 is 5.86. The van der Waals surface area contributed by atoms with Crippen molar-refractivity contribution in [2.75, 3.05) is 44.0 Å². The van der Waals surface area contributed by atoms with Crippen molar-refractivity contribution in [2.45, 2.75) is 0 Å². The Hall–Kier alpha value is -1.36. The van der Waals surface area contributed by atoms with Crippen LogP contribution in [-0.4, -0.2) is 66.6 Å². The van der Waals surface area contributed by atoms with Crippen molar-refractivity contribution < 1.29 is 17.4 Å². The Morgan fingerprint density at radius 1 is 1.17 bits per heavy atom. The van der Waals surface area contributed by atoms with Gasteiger partial charge in [0.15, 0.2) is 0 Å². The van der Waals surface area contributed by atoms with Crippen LogP contribution in [0.25, 0.3) is 0 Å². The van der Waals surface area contributed by atoms with Crippen molar-refractivity contribution in [2.24, 2.45) is 3.77 Å². The minimum atomic E-state index is -3.95. The quantitative estimate of drug-likeness (QED) is 0.838. The number of hydrogen-bond donors (Lipinski definition) is 1. The summed E-state index contributed by atoms with van der Waals surface area (Å²) in [6.07, 6.45) is 2.53. The van der Waals surface area contributed by atoms with Crippen LogP contribution in [-0.2, 0) is 19.9 Å². The Balaban J connectivity index is 1.97. The summed E-state index contributed by atoms with van der Waals surface area (Å²) in [7, 11) is -6.71. The average molecular weight is 395 g/mol. The van der Waals surface area contributed by atoms with Gasteiger partial charge in [0.25, 0.3) is 0 Å². The average Bonchev–Trinajstić information content (AvgIpc) is 2.45. The molecule has 0 unspecified atom stereocenters. The number of benzene rings is 1. The molecule has 11 heteroatoms. The zero-order valence-electron chi connectivity index (χ0n) is 13.3. The highest BCUT2D eigenvalue weighted by Gasteiger charge is 2.29. The smallest absolute Gasteiger partial charge is 0.322 e. The molecule has 0 aliphatic carbocycles. The molecular formula is C13H19ClN4O4S2. The fraction of sp³-hybridized carbons (Fsp3) is 0.462. The molecule has 1 N–H and O–H groups in total. The molecule has 0 atom stereocenters. The van der Waals surface area contributed by atoms with Crippen molar-refractivity contribution in [3.05, 3.63) is 29.3 Å². The third kappa shape index (κ3) is 5.33. The van der Waals surface area contributed by atoms with Gasteiger partial charge in [0.1, 0.15) is 0 Å². The Labute approximate surface area is 147 Å². The molecule has 134 valence electrons. The van der Waals surface area contributed by atoms with Crippen molar-refractivity contribution >= 4 is 43.3 Å². The lowest BCUT2D eigenvalue weighted by Crippen LogP contribution is -2.51. The van der Waals surface area contributed by atoms with E-state index < -0.39 is 19.9 Å². The van der Waals surface area contributed by atoms with E-state index in [1.807, 2.05) is 0 Å². The van der Waals surface area contributed by atoms with Crippen LogP contribution < -0.4 is 5.32 Å². The van der Waals surface area contributed by atoms with Gasteiger partial charge in [-0.3, -0.25) is 0 Å². The zero-order valence-corrected chi connectivity index (χ0v) is 15.7. The number of halogens is 1. The molecule has 0 radical (unpaired) electrons. The van der Waals surface area contributed by atoms with Gasteiger partial charge in [0, 0.05) is 49.4 Å². The molecular weight excluding hydrogens is 376 g/mol. The fourth-order valence-corrected chi connectivity index (χ4v) is 5.17. The maximum Gasteiger partial charge on any atom is 0.330 e. The summed E-state index contributed by atoms with van der Waals surface area (Å²) in [5.74, 6) is 0. The number of rotatable bonds is 3. The van der Waals surface area contributed by atoms with E-state index >= 15 is 0 Å². The third-order valence-corrected chi connectivity index (χ3v) is 6.64. The van der Waals surface area contributed by atoms with Gasteiger partial charge in [0.05, 0.1) is 9.73 Å². The number of hydrogen-bond acceptors (Lipinski definition) is 4. The molecule has 1 aromatic carbocycles. The summed E-state index contributed by atoms with van der Waals surface area (Å²) in [6.45, 7) is 0.639. The second-order valence-corrected chi connectivity index (χ2v) is 10.4. The van der Waals surface area contributed by atoms with E-state index in [9.17, 15) is 17.4 Å². The first-order valence-electron chi connectivity index (χ1n) is 7.07. The molecule has 24 heavy (non-hydrogen) atoms. The van der Waals surface area contributed by atoms with E-state index in [1.54, 1.807) is 24.3 Å². The first-order valence-corrected chi connectivity index (χ1v) is 11.2. The summed E-state index contributed by atoms with van der Waals surface area (Å²) in [6, 6.07) is 6.42. The van der Waals surface area contributed by atoms with Crippen LogP contribution in [0.15, 0.2) is 28.0 Å². The molecule has 1 heterocycles.